The lowest BCUT2D eigenvalue weighted by molar-refractivity contribution is -0.138. The molecule has 0 atom stereocenters. The lowest BCUT2D eigenvalue weighted by Crippen LogP contribution is -2.43. The molecule has 0 radical (unpaired) electrons. The molecule has 1 fully saturated rings. The van der Waals surface area contributed by atoms with E-state index in [2.05, 4.69) is 31.2 Å². The predicted octanol–water partition coefficient (Wildman–Crippen LogP) is 2.56. The zero-order valence-corrected chi connectivity index (χ0v) is 15.1. The van der Waals surface area contributed by atoms with Crippen LogP contribution in [0.1, 0.15) is 24.0 Å². The number of rotatable bonds is 5. The van der Waals surface area contributed by atoms with Gasteiger partial charge in [0.1, 0.15) is 0 Å². The summed E-state index contributed by atoms with van der Waals surface area (Å²) in [6, 6.07) is 8.40. The minimum Gasteiger partial charge on any atom is -0.349 e. The van der Waals surface area contributed by atoms with Crippen molar-refractivity contribution in [2.75, 3.05) is 32.9 Å². The number of aryl methyl sites for hydroxylation is 1. The van der Waals surface area contributed by atoms with Crippen LogP contribution in [0, 0.1) is 12.8 Å². The molecule has 1 aromatic carbocycles. The molecule has 5 heteroatoms. The van der Waals surface area contributed by atoms with Crippen LogP contribution in [0.4, 0.5) is 0 Å². The van der Waals surface area contributed by atoms with Crippen LogP contribution in [-0.4, -0.2) is 54.6 Å². The number of nitrogens with zero attached hydrogens (tertiary/aromatic N) is 2. The van der Waals surface area contributed by atoms with E-state index in [0.29, 0.717) is 18.8 Å². The summed E-state index contributed by atoms with van der Waals surface area (Å²) < 4.78 is 0. The first-order chi connectivity index (χ1) is 11.0. The molecule has 0 aromatic heterocycles. The highest BCUT2D eigenvalue weighted by atomic mass is 32.2. The molecular formula is C18H26N2O2S. The highest BCUT2D eigenvalue weighted by Gasteiger charge is 2.27. The predicted molar refractivity (Wildman–Crippen MR) is 95.3 cm³/mol. The van der Waals surface area contributed by atoms with Crippen LogP contribution in [0.5, 0.6) is 0 Å². The van der Waals surface area contributed by atoms with Crippen molar-refractivity contribution in [2.24, 2.45) is 5.92 Å². The Kier molecular flexibility index (Phi) is 6.51. The largest absolute Gasteiger partial charge is 0.349 e. The Morgan fingerprint density at radius 2 is 1.96 bits per heavy atom. The second kappa shape index (κ2) is 8.39. The van der Waals surface area contributed by atoms with Crippen molar-refractivity contribution < 1.29 is 9.59 Å². The van der Waals surface area contributed by atoms with Crippen LogP contribution in [0.2, 0.25) is 0 Å². The van der Waals surface area contributed by atoms with E-state index < -0.39 is 0 Å². The SMILES string of the molecule is Cc1cccc(CSCC(=O)N2CCC(C(=O)N(C)C)CC2)c1. The number of likely N-dealkylation sites (tertiary alicyclic amines) is 1. The molecule has 1 heterocycles. The molecule has 126 valence electrons. The van der Waals surface area contributed by atoms with Gasteiger partial charge in [0.2, 0.25) is 11.8 Å². The van der Waals surface area contributed by atoms with E-state index in [1.54, 1.807) is 30.8 Å². The van der Waals surface area contributed by atoms with Crippen molar-refractivity contribution >= 4 is 23.6 Å². The van der Waals surface area contributed by atoms with Crippen LogP contribution in [0.15, 0.2) is 24.3 Å². The highest BCUT2D eigenvalue weighted by molar-refractivity contribution is 7.99. The molecule has 23 heavy (non-hydrogen) atoms. The standard InChI is InChI=1S/C18H26N2O2S/c1-14-5-4-6-15(11-14)12-23-13-17(21)20-9-7-16(8-10-20)18(22)19(2)3/h4-6,11,16H,7-10,12-13H2,1-3H3. The van der Waals surface area contributed by atoms with E-state index in [9.17, 15) is 9.59 Å². The topological polar surface area (TPSA) is 40.6 Å². The van der Waals surface area contributed by atoms with Gasteiger partial charge in [-0.15, -0.1) is 11.8 Å². The molecular weight excluding hydrogens is 308 g/mol. The lowest BCUT2D eigenvalue weighted by atomic mass is 9.95. The van der Waals surface area contributed by atoms with E-state index in [1.165, 1.54) is 11.1 Å². The van der Waals surface area contributed by atoms with Crippen molar-refractivity contribution in [3.63, 3.8) is 0 Å². The minimum atomic E-state index is 0.0778. The summed E-state index contributed by atoms with van der Waals surface area (Å²) in [7, 11) is 3.59. The van der Waals surface area contributed by atoms with Crippen molar-refractivity contribution in [2.45, 2.75) is 25.5 Å². The number of amides is 2. The fourth-order valence-corrected chi connectivity index (χ4v) is 3.76. The Bertz CT molecular complexity index is 552. The molecule has 1 aliphatic rings. The number of hydrogen-bond donors (Lipinski definition) is 0. The summed E-state index contributed by atoms with van der Waals surface area (Å²) in [6.45, 7) is 3.49. The summed E-state index contributed by atoms with van der Waals surface area (Å²) in [6.07, 6.45) is 1.57. The van der Waals surface area contributed by atoms with Gasteiger partial charge < -0.3 is 9.80 Å². The van der Waals surface area contributed by atoms with E-state index in [0.717, 1.165) is 18.6 Å². The van der Waals surface area contributed by atoms with Crippen LogP contribution < -0.4 is 0 Å². The van der Waals surface area contributed by atoms with E-state index in [-0.39, 0.29) is 17.7 Å². The molecule has 2 rings (SSSR count). The Morgan fingerprint density at radius 3 is 2.57 bits per heavy atom. The average molecular weight is 334 g/mol. The van der Waals surface area contributed by atoms with E-state index in [1.807, 2.05) is 4.90 Å². The van der Waals surface area contributed by atoms with Crippen LogP contribution in [0.3, 0.4) is 0 Å². The smallest absolute Gasteiger partial charge is 0.232 e. The van der Waals surface area contributed by atoms with Gasteiger partial charge in [0.05, 0.1) is 5.75 Å². The fraction of sp³-hybridized carbons (Fsp3) is 0.556. The maximum atomic E-state index is 12.3. The molecule has 0 N–H and O–H groups in total. The number of piperidine rings is 1. The number of hydrogen-bond acceptors (Lipinski definition) is 3. The monoisotopic (exact) mass is 334 g/mol. The molecule has 0 saturated carbocycles. The van der Waals surface area contributed by atoms with Crippen molar-refractivity contribution in [3.8, 4) is 0 Å². The number of carbonyl (C=O) groups is 2. The van der Waals surface area contributed by atoms with Gasteiger partial charge in [0.25, 0.3) is 0 Å². The Hall–Kier alpha value is -1.49. The number of thioether (sulfide) groups is 1. The maximum Gasteiger partial charge on any atom is 0.232 e. The Labute approximate surface area is 143 Å². The molecule has 4 nitrogen and oxygen atoms in total. The summed E-state index contributed by atoms with van der Waals surface area (Å²) in [5, 5.41) is 0. The van der Waals surface area contributed by atoms with Crippen molar-refractivity contribution in [3.05, 3.63) is 35.4 Å². The summed E-state index contributed by atoms with van der Waals surface area (Å²) >= 11 is 1.66. The third kappa shape index (κ3) is 5.27. The minimum absolute atomic E-state index is 0.0778. The van der Waals surface area contributed by atoms with Gasteiger partial charge in [-0.1, -0.05) is 29.8 Å². The first kappa shape index (κ1) is 17.9. The van der Waals surface area contributed by atoms with Gasteiger partial charge in [-0.3, -0.25) is 9.59 Å². The summed E-state index contributed by atoms with van der Waals surface area (Å²) in [5.41, 5.74) is 2.51. The number of carbonyl (C=O) groups excluding carboxylic acids is 2. The first-order valence-electron chi connectivity index (χ1n) is 8.09. The molecule has 1 saturated heterocycles. The van der Waals surface area contributed by atoms with Gasteiger partial charge in [-0.2, -0.15) is 0 Å². The van der Waals surface area contributed by atoms with Crippen LogP contribution >= 0.6 is 11.8 Å². The molecule has 0 aliphatic carbocycles. The molecule has 0 spiro atoms. The van der Waals surface area contributed by atoms with E-state index in [4.69, 9.17) is 0 Å². The average Bonchev–Trinajstić information content (AvgIpc) is 2.54. The second-order valence-electron chi connectivity index (χ2n) is 6.37. The lowest BCUT2D eigenvalue weighted by Gasteiger charge is -2.32. The van der Waals surface area contributed by atoms with Gasteiger partial charge in [0.15, 0.2) is 0 Å². The van der Waals surface area contributed by atoms with Crippen molar-refractivity contribution in [1.82, 2.24) is 9.80 Å². The second-order valence-corrected chi connectivity index (χ2v) is 7.36. The normalized spacial score (nSPS) is 15.5. The highest BCUT2D eigenvalue weighted by Crippen LogP contribution is 2.20. The maximum absolute atomic E-state index is 12.3. The van der Waals surface area contributed by atoms with E-state index >= 15 is 0 Å². The zero-order valence-electron chi connectivity index (χ0n) is 14.2. The molecule has 1 aliphatic heterocycles. The Balaban J connectivity index is 1.72. The summed E-state index contributed by atoms with van der Waals surface area (Å²) in [5.74, 6) is 1.83. The van der Waals surface area contributed by atoms with Gasteiger partial charge in [0, 0.05) is 38.9 Å². The number of benzene rings is 1. The molecule has 0 unspecified atom stereocenters. The zero-order chi connectivity index (χ0) is 16.8. The third-order valence-corrected chi connectivity index (χ3v) is 5.20. The fourth-order valence-electron chi connectivity index (χ4n) is 2.89. The van der Waals surface area contributed by atoms with Crippen LogP contribution in [0.25, 0.3) is 0 Å². The van der Waals surface area contributed by atoms with Crippen LogP contribution in [-0.2, 0) is 15.3 Å². The Morgan fingerprint density at radius 1 is 1.26 bits per heavy atom. The molecule has 2 amide bonds. The molecule has 0 bridgehead atoms. The quantitative estimate of drug-likeness (QED) is 0.831. The van der Waals surface area contributed by atoms with Gasteiger partial charge in [-0.25, -0.2) is 0 Å². The third-order valence-electron chi connectivity index (χ3n) is 4.21. The first-order valence-corrected chi connectivity index (χ1v) is 9.25. The van der Waals surface area contributed by atoms with Gasteiger partial charge >= 0.3 is 0 Å². The van der Waals surface area contributed by atoms with Gasteiger partial charge in [-0.05, 0) is 25.3 Å². The van der Waals surface area contributed by atoms with Crippen molar-refractivity contribution in [1.29, 1.82) is 0 Å². The summed E-state index contributed by atoms with van der Waals surface area (Å²) in [4.78, 5) is 27.8. The molecule has 1 aromatic rings.